The van der Waals surface area contributed by atoms with Crippen molar-refractivity contribution in [2.75, 3.05) is 0 Å². The van der Waals surface area contributed by atoms with Crippen LogP contribution in [0.5, 0.6) is 5.75 Å². The van der Waals surface area contributed by atoms with Crippen LogP contribution in [-0.4, -0.2) is 5.60 Å². The molecule has 108 valence electrons. The van der Waals surface area contributed by atoms with Gasteiger partial charge in [-0.2, -0.15) is 0 Å². The first-order valence-corrected chi connectivity index (χ1v) is 7.99. The molecule has 2 aliphatic rings. The molecule has 0 amide bonds. The Bertz CT molecular complexity index is 531. The lowest BCUT2D eigenvalue weighted by Crippen LogP contribution is -2.44. The van der Waals surface area contributed by atoms with Crippen LogP contribution in [0.1, 0.15) is 63.5 Å². The maximum Gasteiger partial charge on any atom is 0.123 e. The first-order valence-electron chi connectivity index (χ1n) is 7.99. The summed E-state index contributed by atoms with van der Waals surface area (Å²) in [6.45, 7) is 10.9. The van der Waals surface area contributed by atoms with E-state index in [1.165, 1.54) is 29.5 Å². The van der Waals surface area contributed by atoms with Crippen LogP contribution in [0.25, 0.3) is 0 Å². The molecule has 1 heterocycles. The summed E-state index contributed by atoms with van der Waals surface area (Å²) in [6, 6.07) is 6.88. The number of hydrogen-bond donors (Lipinski definition) is 0. The number of rotatable bonds is 3. The second-order valence-electron chi connectivity index (χ2n) is 6.98. The highest BCUT2D eigenvalue weighted by atomic mass is 16.5. The maximum atomic E-state index is 6.38. The van der Waals surface area contributed by atoms with Gasteiger partial charge >= 0.3 is 0 Å². The molecule has 1 aliphatic heterocycles. The molecule has 1 saturated carbocycles. The zero-order valence-electron chi connectivity index (χ0n) is 13.0. The first kappa shape index (κ1) is 13.7. The molecule has 0 spiro atoms. The molecule has 2 bridgehead atoms. The average Bonchev–Trinajstić information content (AvgIpc) is 2.37. The molecule has 1 aromatic carbocycles. The third-order valence-corrected chi connectivity index (χ3v) is 5.13. The van der Waals surface area contributed by atoms with Gasteiger partial charge in [0.25, 0.3) is 0 Å². The van der Waals surface area contributed by atoms with Gasteiger partial charge in [0.05, 0.1) is 0 Å². The van der Waals surface area contributed by atoms with Gasteiger partial charge in [-0.3, -0.25) is 0 Å². The standard InChI is InChI=1S/C19H26O/c1-5-6-14-7-8-16-17-12-19(4,20-18(16)11-14)10-9-15(17)13(2)3/h7-8,11,15,17H,2,5-6,9-10,12H2,1,3-4H3/t15?,17-,19-/m1/s1. The van der Waals surface area contributed by atoms with Crippen LogP contribution >= 0.6 is 0 Å². The van der Waals surface area contributed by atoms with Gasteiger partial charge in [0.1, 0.15) is 11.4 Å². The van der Waals surface area contributed by atoms with E-state index in [2.05, 4.69) is 45.5 Å². The maximum absolute atomic E-state index is 6.38. The van der Waals surface area contributed by atoms with Gasteiger partial charge in [0, 0.05) is 0 Å². The van der Waals surface area contributed by atoms with E-state index in [9.17, 15) is 0 Å². The van der Waals surface area contributed by atoms with E-state index in [1.807, 2.05) is 0 Å². The Morgan fingerprint density at radius 3 is 2.95 bits per heavy atom. The fourth-order valence-corrected chi connectivity index (χ4v) is 4.06. The predicted octanol–water partition coefficient (Wildman–Crippen LogP) is 5.25. The van der Waals surface area contributed by atoms with E-state index in [1.54, 1.807) is 0 Å². The van der Waals surface area contributed by atoms with Gasteiger partial charge in [0.15, 0.2) is 0 Å². The summed E-state index contributed by atoms with van der Waals surface area (Å²) in [5.41, 5.74) is 4.19. The van der Waals surface area contributed by atoms with E-state index in [4.69, 9.17) is 4.74 Å². The Labute approximate surface area is 123 Å². The minimum atomic E-state index is 0.0362. The Balaban J connectivity index is 2.01. The highest BCUT2D eigenvalue weighted by Gasteiger charge is 2.44. The molecule has 1 unspecified atom stereocenters. The third-order valence-electron chi connectivity index (χ3n) is 5.13. The van der Waals surface area contributed by atoms with Crippen LogP contribution in [0.4, 0.5) is 0 Å². The molecular formula is C19H26O. The molecule has 20 heavy (non-hydrogen) atoms. The first-order chi connectivity index (χ1) is 9.52. The summed E-state index contributed by atoms with van der Waals surface area (Å²) in [7, 11) is 0. The van der Waals surface area contributed by atoms with E-state index < -0.39 is 0 Å². The van der Waals surface area contributed by atoms with Crippen molar-refractivity contribution in [1.82, 2.24) is 0 Å². The molecule has 1 aliphatic carbocycles. The Morgan fingerprint density at radius 2 is 2.25 bits per heavy atom. The van der Waals surface area contributed by atoms with Crippen LogP contribution in [0.2, 0.25) is 0 Å². The van der Waals surface area contributed by atoms with Crippen LogP contribution in [-0.2, 0) is 6.42 Å². The molecule has 3 rings (SSSR count). The summed E-state index contributed by atoms with van der Waals surface area (Å²) in [5.74, 6) is 2.37. The molecule has 1 heteroatoms. The summed E-state index contributed by atoms with van der Waals surface area (Å²) in [5, 5.41) is 0. The third kappa shape index (κ3) is 2.28. The van der Waals surface area contributed by atoms with Crippen LogP contribution in [0, 0.1) is 5.92 Å². The van der Waals surface area contributed by atoms with Crippen LogP contribution in [0.15, 0.2) is 30.4 Å². The highest BCUT2D eigenvalue weighted by Crippen LogP contribution is 2.53. The van der Waals surface area contributed by atoms with Crippen molar-refractivity contribution in [3.8, 4) is 5.75 Å². The minimum Gasteiger partial charge on any atom is -0.487 e. The molecular weight excluding hydrogens is 244 g/mol. The molecule has 0 aromatic heterocycles. The Kier molecular flexibility index (Phi) is 3.40. The van der Waals surface area contributed by atoms with Gasteiger partial charge < -0.3 is 4.74 Å². The lowest BCUT2D eigenvalue weighted by molar-refractivity contribution is 0.00726. The number of benzene rings is 1. The van der Waals surface area contributed by atoms with Crippen LogP contribution < -0.4 is 4.74 Å². The molecule has 1 aromatic rings. The molecule has 0 N–H and O–H groups in total. The Morgan fingerprint density at radius 1 is 1.45 bits per heavy atom. The highest BCUT2D eigenvalue weighted by molar-refractivity contribution is 5.44. The van der Waals surface area contributed by atoms with Crippen molar-refractivity contribution in [3.63, 3.8) is 0 Å². The van der Waals surface area contributed by atoms with Gasteiger partial charge in [-0.25, -0.2) is 0 Å². The lowest BCUT2D eigenvalue weighted by Gasteiger charge is -2.48. The van der Waals surface area contributed by atoms with Gasteiger partial charge in [0.2, 0.25) is 0 Å². The monoisotopic (exact) mass is 270 g/mol. The van der Waals surface area contributed by atoms with Crippen molar-refractivity contribution in [2.45, 2.75) is 64.4 Å². The number of aryl methyl sites for hydroxylation is 1. The number of allylic oxidation sites excluding steroid dienone is 1. The molecule has 1 fully saturated rings. The normalized spacial score (nSPS) is 31.4. The predicted molar refractivity (Wildman–Crippen MR) is 84.4 cm³/mol. The number of hydrogen-bond acceptors (Lipinski definition) is 1. The lowest BCUT2D eigenvalue weighted by atomic mass is 9.66. The van der Waals surface area contributed by atoms with E-state index >= 15 is 0 Å². The fraction of sp³-hybridized carbons (Fsp3) is 0.579. The SMILES string of the molecule is C=C(C)C1CC[C@]2(C)C[C@H]1c1ccc(CCC)cc1O2. The number of fused-ring (bicyclic) bond motifs is 4. The quantitative estimate of drug-likeness (QED) is 0.682. The second-order valence-corrected chi connectivity index (χ2v) is 6.98. The summed E-state index contributed by atoms with van der Waals surface area (Å²) < 4.78 is 6.38. The molecule has 3 atom stereocenters. The van der Waals surface area contributed by atoms with Crippen molar-refractivity contribution < 1.29 is 4.74 Å². The van der Waals surface area contributed by atoms with Gasteiger partial charge in [-0.1, -0.05) is 37.6 Å². The zero-order chi connectivity index (χ0) is 14.3. The van der Waals surface area contributed by atoms with E-state index in [-0.39, 0.29) is 5.60 Å². The fourth-order valence-electron chi connectivity index (χ4n) is 4.06. The van der Waals surface area contributed by atoms with Crippen molar-refractivity contribution >= 4 is 0 Å². The van der Waals surface area contributed by atoms with E-state index in [0.717, 1.165) is 25.0 Å². The molecule has 1 nitrogen and oxygen atoms in total. The average molecular weight is 270 g/mol. The largest absolute Gasteiger partial charge is 0.487 e. The number of ether oxygens (including phenoxy) is 1. The smallest absolute Gasteiger partial charge is 0.123 e. The van der Waals surface area contributed by atoms with E-state index in [0.29, 0.717) is 11.8 Å². The van der Waals surface area contributed by atoms with Crippen LogP contribution in [0.3, 0.4) is 0 Å². The van der Waals surface area contributed by atoms with Crippen molar-refractivity contribution in [3.05, 3.63) is 41.5 Å². The minimum absolute atomic E-state index is 0.0362. The second kappa shape index (κ2) is 4.95. The summed E-state index contributed by atoms with van der Waals surface area (Å²) in [6.07, 6.45) is 5.84. The topological polar surface area (TPSA) is 9.23 Å². The van der Waals surface area contributed by atoms with Crippen molar-refractivity contribution in [1.29, 1.82) is 0 Å². The zero-order valence-corrected chi connectivity index (χ0v) is 13.0. The Hall–Kier alpha value is -1.24. The molecule has 0 radical (unpaired) electrons. The summed E-state index contributed by atoms with van der Waals surface area (Å²) in [4.78, 5) is 0. The van der Waals surface area contributed by atoms with Crippen molar-refractivity contribution in [2.24, 2.45) is 5.92 Å². The summed E-state index contributed by atoms with van der Waals surface area (Å²) >= 11 is 0. The van der Waals surface area contributed by atoms with Gasteiger partial charge in [-0.15, -0.1) is 0 Å². The molecule has 0 saturated heterocycles. The van der Waals surface area contributed by atoms with Gasteiger partial charge in [-0.05, 0) is 68.6 Å².